The van der Waals surface area contributed by atoms with Gasteiger partial charge in [-0.25, -0.2) is 0 Å². The van der Waals surface area contributed by atoms with Crippen molar-refractivity contribution in [2.24, 2.45) is 0 Å². The van der Waals surface area contributed by atoms with Crippen molar-refractivity contribution in [3.8, 4) is 28.4 Å². The van der Waals surface area contributed by atoms with E-state index >= 15 is 0 Å². The normalized spacial score (nSPS) is 9.66. The lowest BCUT2D eigenvalue weighted by atomic mass is 10.0. The fourth-order valence-electron chi connectivity index (χ4n) is 4.09. The van der Waals surface area contributed by atoms with Crippen LogP contribution in [0.2, 0.25) is 0 Å². The molecule has 5 aromatic rings. The summed E-state index contributed by atoms with van der Waals surface area (Å²) in [6, 6.07) is 34.9. The van der Waals surface area contributed by atoms with Crippen LogP contribution in [0.3, 0.4) is 0 Å². The average Bonchev–Trinajstić information content (AvgIpc) is 3.02. The number of carbonyl (C=O) groups excluding carboxylic acids is 1. The van der Waals surface area contributed by atoms with E-state index in [0.29, 0.717) is 19.0 Å². The van der Waals surface area contributed by atoms with Crippen molar-refractivity contribution in [3.05, 3.63) is 126 Å². The number of hydrogen-bond acceptors (Lipinski definition) is 6. The Morgan fingerprint density at radius 3 is 1.48 bits per heavy atom. The molecule has 44 heavy (non-hydrogen) atoms. The van der Waals surface area contributed by atoms with Gasteiger partial charge in [-0.3, -0.25) is 4.79 Å². The summed E-state index contributed by atoms with van der Waals surface area (Å²) in [6.45, 7) is 2.81. The van der Waals surface area contributed by atoms with E-state index in [9.17, 15) is 9.90 Å². The van der Waals surface area contributed by atoms with Crippen molar-refractivity contribution < 1.29 is 28.8 Å². The Labute approximate surface area is 262 Å². The minimum absolute atomic E-state index is 0. The Kier molecular flexibility index (Phi) is 16.6. The zero-order valence-corrected chi connectivity index (χ0v) is 24.8. The van der Waals surface area contributed by atoms with Crippen molar-refractivity contribution in [1.82, 2.24) is 0 Å². The van der Waals surface area contributed by atoms with Crippen LogP contribution < -0.4 is 9.47 Å². The Morgan fingerprint density at radius 2 is 1.00 bits per heavy atom. The van der Waals surface area contributed by atoms with Crippen molar-refractivity contribution in [3.63, 3.8) is 0 Å². The Bertz CT molecular complexity index is 1530. The van der Waals surface area contributed by atoms with Crippen LogP contribution in [-0.4, -0.2) is 39.3 Å². The first-order chi connectivity index (χ1) is 20.4. The number of rotatable bonds is 8. The lowest BCUT2D eigenvalue weighted by Gasteiger charge is -2.06. The molecule has 234 valence electrons. The number of aromatic hydroxyl groups is 1. The molecule has 6 nitrogen and oxygen atoms in total. The molecule has 0 saturated heterocycles. The third kappa shape index (κ3) is 11.6. The maximum atomic E-state index is 10.9. The largest absolute Gasteiger partial charge is 0.508 e. The molecule has 5 rings (SSSR count). The zero-order valence-electron chi connectivity index (χ0n) is 24.8. The lowest BCUT2D eigenvalue weighted by molar-refractivity contribution is 0.101. The number of fused-ring (bicyclic) bond motifs is 1. The van der Waals surface area contributed by atoms with Gasteiger partial charge in [0.2, 0.25) is 0 Å². The second-order valence-corrected chi connectivity index (χ2v) is 9.44. The first kappa shape index (κ1) is 37.4. The number of phenolic OH excluding ortho intramolecular Hbond substituents is 1. The first-order valence-corrected chi connectivity index (χ1v) is 13.4. The molecule has 1 N–H and O–H groups in total. The summed E-state index contributed by atoms with van der Waals surface area (Å²) in [7, 11) is 6.66. The maximum Gasteiger partial charge on any atom is 0.159 e. The van der Waals surface area contributed by atoms with Gasteiger partial charge in [-0.05, 0) is 82.4 Å². The Balaban J connectivity index is 0.000000341. The predicted molar refractivity (Wildman–Crippen MR) is 182 cm³/mol. The van der Waals surface area contributed by atoms with Gasteiger partial charge in [0.25, 0.3) is 0 Å². The molecule has 0 bridgehead atoms. The van der Waals surface area contributed by atoms with E-state index in [2.05, 4.69) is 12.1 Å². The van der Waals surface area contributed by atoms with Crippen LogP contribution in [0, 0.1) is 0 Å². The van der Waals surface area contributed by atoms with Gasteiger partial charge in [0.1, 0.15) is 17.2 Å². The van der Waals surface area contributed by atoms with Crippen LogP contribution in [0.25, 0.3) is 21.9 Å². The average molecular weight is 599 g/mol. The van der Waals surface area contributed by atoms with E-state index in [4.69, 9.17) is 18.9 Å². The molecule has 5 aromatic carbocycles. The second kappa shape index (κ2) is 19.5. The molecule has 0 aliphatic rings. The molecule has 0 unspecified atom stereocenters. The van der Waals surface area contributed by atoms with Gasteiger partial charge in [-0.1, -0.05) is 81.6 Å². The molecule has 0 amide bonds. The summed E-state index contributed by atoms with van der Waals surface area (Å²) in [4.78, 5) is 10.9. The zero-order chi connectivity index (χ0) is 30.3. The number of ketones is 1. The number of hydrogen-bond donors (Lipinski definition) is 1. The van der Waals surface area contributed by atoms with Gasteiger partial charge >= 0.3 is 0 Å². The highest BCUT2D eigenvalue weighted by Crippen LogP contribution is 2.27. The fraction of sp³-hybridized carbons (Fsp3) is 0.237. The van der Waals surface area contributed by atoms with Crippen LogP contribution in [0.4, 0.5) is 0 Å². The minimum atomic E-state index is 0. The summed E-state index contributed by atoms with van der Waals surface area (Å²) in [6.07, 6.45) is 0. The molecule has 0 aromatic heterocycles. The van der Waals surface area contributed by atoms with Crippen molar-refractivity contribution in [2.45, 2.75) is 35.0 Å². The molecular formula is C38H46O6. The van der Waals surface area contributed by atoms with Crippen LogP contribution in [-0.2, 0) is 22.7 Å². The number of Topliss-reactive ketones (excluding diaryl/α,β-unsaturated/α-hetero) is 1. The first-order valence-electron chi connectivity index (χ1n) is 13.4. The minimum Gasteiger partial charge on any atom is -0.508 e. The number of benzene rings is 5. The molecule has 0 spiro atoms. The molecule has 0 atom stereocenters. The molecule has 0 aliphatic carbocycles. The summed E-state index contributed by atoms with van der Waals surface area (Å²) >= 11 is 0. The van der Waals surface area contributed by atoms with Crippen molar-refractivity contribution in [1.29, 1.82) is 0 Å². The van der Waals surface area contributed by atoms with Crippen molar-refractivity contribution in [2.75, 3.05) is 28.4 Å². The molecule has 6 heteroatoms. The number of carbonyl (C=O) groups is 1. The van der Waals surface area contributed by atoms with E-state index in [1.807, 2.05) is 84.9 Å². The lowest BCUT2D eigenvalue weighted by Crippen LogP contribution is -1.93. The van der Waals surface area contributed by atoms with Gasteiger partial charge in [-0.15, -0.1) is 0 Å². The highest BCUT2D eigenvalue weighted by molar-refractivity contribution is 5.94. The van der Waals surface area contributed by atoms with Gasteiger partial charge in [-0.2, -0.15) is 0 Å². The van der Waals surface area contributed by atoms with E-state index < -0.39 is 0 Å². The van der Waals surface area contributed by atoms with Gasteiger partial charge in [0.15, 0.2) is 5.78 Å². The molecule has 0 aliphatic heterocycles. The SMILES string of the molecule is C.C.COCc1ccc(C(C)=O)cc1.COCc1ccc(OC)cc1.COc1ccc(-c2ccc3cc(O)ccc3c2)cc1. The third-order valence-corrected chi connectivity index (χ3v) is 6.39. The monoisotopic (exact) mass is 598 g/mol. The fourth-order valence-corrected chi connectivity index (χ4v) is 4.09. The number of phenols is 1. The molecule has 0 fully saturated rings. The van der Waals surface area contributed by atoms with E-state index in [1.165, 1.54) is 0 Å². The smallest absolute Gasteiger partial charge is 0.159 e. The van der Waals surface area contributed by atoms with E-state index in [0.717, 1.165) is 50.1 Å². The molecule has 0 radical (unpaired) electrons. The quantitative estimate of drug-likeness (QED) is 0.179. The summed E-state index contributed by atoms with van der Waals surface area (Å²) < 4.78 is 20.1. The summed E-state index contributed by atoms with van der Waals surface area (Å²) in [5.74, 6) is 2.13. The second-order valence-electron chi connectivity index (χ2n) is 9.44. The molecule has 0 saturated carbocycles. The van der Waals surface area contributed by atoms with Crippen LogP contribution in [0.15, 0.2) is 109 Å². The Morgan fingerprint density at radius 1 is 0.568 bits per heavy atom. The summed E-state index contributed by atoms with van der Waals surface area (Å²) in [5, 5.41) is 11.6. The van der Waals surface area contributed by atoms with E-state index in [1.54, 1.807) is 47.5 Å². The third-order valence-electron chi connectivity index (χ3n) is 6.39. The Hall–Kier alpha value is -4.65. The molecule has 0 heterocycles. The highest BCUT2D eigenvalue weighted by atomic mass is 16.5. The number of methoxy groups -OCH3 is 4. The number of ether oxygens (including phenoxy) is 4. The van der Waals surface area contributed by atoms with Gasteiger partial charge in [0, 0.05) is 19.8 Å². The van der Waals surface area contributed by atoms with Crippen LogP contribution in [0.5, 0.6) is 17.2 Å². The molecular weight excluding hydrogens is 552 g/mol. The van der Waals surface area contributed by atoms with E-state index in [-0.39, 0.29) is 20.6 Å². The predicted octanol–water partition coefficient (Wildman–Crippen LogP) is 9.37. The highest BCUT2D eigenvalue weighted by Gasteiger charge is 2.02. The summed E-state index contributed by atoms with van der Waals surface area (Å²) in [5.41, 5.74) is 5.29. The van der Waals surface area contributed by atoms with Crippen LogP contribution in [0.1, 0.15) is 43.3 Å². The maximum absolute atomic E-state index is 10.9. The van der Waals surface area contributed by atoms with Gasteiger partial charge < -0.3 is 24.1 Å². The van der Waals surface area contributed by atoms with Crippen LogP contribution >= 0.6 is 0 Å². The standard InChI is InChI=1S/C17H14O2.C10H12O2.C9H12O2.2CH4/c1-19-17-8-5-12(6-9-17)13-2-3-15-11-16(18)7-4-14(15)10-13;1-8(11)10-5-3-9(4-6-10)7-12-2;1-10-7-8-3-5-9(11-2)6-4-8;;/h2-11,18H,1H3;3-6H,7H2,1-2H3;3-6H,7H2,1-2H3;2*1H4. The van der Waals surface area contributed by atoms with Gasteiger partial charge in [0.05, 0.1) is 27.4 Å². The topological polar surface area (TPSA) is 74.2 Å². The van der Waals surface area contributed by atoms with Crippen molar-refractivity contribution >= 4 is 16.6 Å².